The molecule has 0 atom stereocenters. The van der Waals surface area contributed by atoms with Crippen molar-refractivity contribution in [1.29, 1.82) is 0 Å². The number of aryl methyl sites for hydroxylation is 1. The number of carbonyl (C=O) groups excluding carboxylic acids is 1. The van der Waals surface area contributed by atoms with Crippen LogP contribution in [-0.2, 0) is 19.7 Å². The molecule has 0 aliphatic rings. The van der Waals surface area contributed by atoms with Crippen LogP contribution in [0.15, 0.2) is 51.5 Å². The van der Waals surface area contributed by atoms with Crippen molar-refractivity contribution in [2.75, 3.05) is 6.61 Å². The predicted octanol–water partition coefficient (Wildman–Crippen LogP) is 4.17. The van der Waals surface area contributed by atoms with Crippen molar-refractivity contribution in [2.45, 2.75) is 33.5 Å². The first-order valence-electron chi connectivity index (χ1n) is 9.03. The minimum Gasteiger partial charge on any atom is -0.494 e. The van der Waals surface area contributed by atoms with E-state index in [1.807, 2.05) is 44.3 Å². The highest BCUT2D eigenvalue weighted by molar-refractivity contribution is 9.10. The van der Waals surface area contributed by atoms with Gasteiger partial charge in [-0.2, -0.15) is 5.10 Å². The zero-order valence-electron chi connectivity index (χ0n) is 15.8. The molecule has 0 fully saturated rings. The molecule has 148 valence electrons. The molecule has 0 aliphatic carbocycles. The van der Waals surface area contributed by atoms with Gasteiger partial charge in [0.2, 0.25) is 0 Å². The Labute approximate surface area is 171 Å². The van der Waals surface area contributed by atoms with Crippen LogP contribution in [0.25, 0.3) is 0 Å². The van der Waals surface area contributed by atoms with Gasteiger partial charge in [-0.1, -0.05) is 0 Å². The Balaban J connectivity index is 1.51. The highest BCUT2D eigenvalue weighted by Crippen LogP contribution is 2.19. The van der Waals surface area contributed by atoms with E-state index in [0.717, 1.165) is 22.5 Å². The summed E-state index contributed by atoms with van der Waals surface area (Å²) in [5.74, 6) is 1.99. The number of nitrogens with one attached hydrogen (secondary N) is 1. The molecule has 0 bridgehead atoms. The number of halogens is 1. The van der Waals surface area contributed by atoms with E-state index in [0.29, 0.717) is 24.7 Å². The molecule has 8 heteroatoms. The maximum absolute atomic E-state index is 12.3. The van der Waals surface area contributed by atoms with Gasteiger partial charge in [-0.25, -0.2) is 0 Å². The van der Waals surface area contributed by atoms with Crippen LogP contribution in [-0.4, -0.2) is 22.3 Å². The average Bonchev–Trinajstić information content (AvgIpc) is 3.32. The van der Waals surface area contributed by atoms with Gasteiger partial charge >= 0.3 is 0 Å². The molecule has 0 saturated carbocycles. The number of nitrogens with zero attached hydrogens (tertiary/aromatic N) is 2. The quantitative estimate of drug-likeness (QED) is 0.532. The zero-order chi connectivity index (χ0) is 19.9. The van der Waals surface area contributed by atoms with Crippen molar-refractivity contribution >= 4 is 21.8 Å². The molecule has 0 spiro atoms. The number of carbonyl (C=O) groups is 1. The third kappa shape index (κ3) is 5.16. The Morgan fingerprint density at radius 3 is 2.50 bits per heavy atom. The monoisotopic (exact) mass is 447 g/mol. The van der Waals surface area contributed by atoms with Crippen LogP contribution in [0.1, 0.15) is 35.9 Å². The van der Waals surface area contributed by atoms with Gasteiger partial charge in [-0.05, 0) is 66.2 Å². The van der Waals surface area contributed by atoms with Crippen molar-refractivity contribution in [3.63, 3.8) is 0 Å². The van der Waals surface area contributed by atoms with E-state index >= 15 is 0 Å². The number of amides is 1. The van der Waals surface area contributed by atoms with Gasteiger partial charge in [-0.3, -0.25) is 9.48 Å². The van der Waals surface area contributed by atoms with Crippen LogP contribution < -0.4 is 14.8 Å². The molecule has 3 rings (SSSR count). The maximum atomic E-state index is 12.3. The lowest BCUT2D eigenvalue weighted by Crippen LogP contribution is -2.22. The van der Waals surface area contributed by atoms with Crippen molar-refractivity contribution in [1.82, 2.24) is 15.1 Å². The highest BCUT2D eigenvalue weighted by Gasteiger charge is 2.13. The summed E-state index contributed by atoms with van der Waals surface area (Å²) in [7, 11) is 0. The molecule has 1 amide bonds. The first-order chi connectivity index (χ1) is 13.6. The Morgan fingerprint density at radius 1 is 1.14 bits per heavy atom. The SMILES string of the molecule is CCOc1ccc(OCc2ccc(C(=O)NCc3nn(CC)cc3Br)o2)cc1. The second-order valence-electron chi connectivity index (χ2n) is 5.92. The molecule has 2 heterocycles. The summed E-state index contributed by atoms with van der Waals surface area (Å²) in [5.41, 5.74) is 0.765. The zero-order valence-corrected chi connectivity index (χ0v) is 17.4. The molecule has 3 aromatic rings. The highest BCUT2D eigenvalue weighted by atomic mass is 79.9. The minimum absolute atomic E-state index is 0.230. The van der Waals surface area contributed by atoms with E-state index in [1.165, 1.54) is 0 Å². The molecule has 0 aliphatic heterocycles. The fourth-order valence-electron chi connectivity index (χ4n) is 2.50. The molecular formula is C20H22BrN3O4. The molecule has 1 N–H and O–H groups in total. The third-order valence-electron chi connectivity index (χ3n) is 3.93. The number of benzene rings is 1. The van der Waals surface area contributed by atoms with Gasteiger partial charge in [0.05, 0.1) is 23.3 Å². The fraction of sp³-hybridized carbons (Fsp3) is 0.300. The standard InChI is InChI=1S/C20H22BrN3O4/c1-3-24-12-17(21)18(23-24)11-22-20(25)19-10-9-16(28-19)13-27-15-7-5-14(6-8-15)26-4-2/h5-10,12H,3-4,11,13H2,1-2H3,(H,22,25). The topological polar surface area (TPSA) is 78.5 Å². The van der Waals surface area contributed by atoms with Crippen LogP contribution in [0.3, 0.4) is 0 Å². The Kier molecular flexibility index (Phi) is 6.76. The molecule has 2 aromatic heterocycles. The lowest BCUT2D eigenvalue weighted by molar-refractivity contribution is 0.0918. The minimum atomic E-state index is -0.301. The van der Waals surface area contributed by atoms with Gasteiger partial charge in [0.15, 0.2) is 5.76 Å². The molecule has 0 radical (unpaired) electrons. The number of furan rings is 1. The van der Waals surface area contributed by atoms with Crippen LogP contribution in [0.5, 0.6) is 11.5 Å². The first kappa shape index (κ1) is 20.0. The largest absolute Gasteiger partial charge is 0.494 e. The van der Waals surface area contributed by atoms with Crippen LogP contribution in [0.4, 0.5) is 0 Å². The number of ether oxygens (including phenoxy) is 2. The smallest absolute Gasteiger partial charge is 0.287 e. The summed E-state index contributed by atoms with van der Waals surface area (Å²) in [6, 6.07) is 10.7. The summed E-state index contributed by atoms with van der Waals surface area (Å²) >= 11 is 3.44. The summed E-state index contributed by atoms with van der Waals surface area (Å²) in [6.07, 6.45) is 1.88. The van der Waals surface area contributed by atoms with E-state index in [1.54, 1.807) is 16.8 Å². The first-order valence-corrected chi connectivity index (χ1v) is 9.82. The van der Waals surface area contributed by atoms with Crippen molar-refractivity contribution in [2.24, 2.45) is 0 Å². The van der Waals surface area contributed by atoms with Gasteiger partial charge in [0.25, 0.3) is 5.91 Å². The maximum Gasteiger partial charge on any atom is 0.287 e. The summed E-state index contributed by atoms with van der Waals surface area (Å²) < 4.78 is 19.3. The Bertz CT molecular complexity index is 918. The lowest BCUT2D eigenvalue weighted by Gasteiger charge is -2.06. The Hall–Kier alpha value is -2.74. The van der Waals surface area contributed by atoms with Crippen molar-refractivity contribution in [3.05, 3.63) is 64.3 Å². The van der Waals surface area contributed by atoms with Crippen LogP contribution >= 0.6 is 15.9 Å². The van der Waals surface area contributed by atoms with Crippen LogP contribution in [0.2, 0.25) is 0 Å². The average molecular weight is 448 g/mol. The number of hydrogen-bond donors (Lipinski definition) is 1. The predicted molar refractivity (Wildman–Crippen MR) is 107 cm³/mol. The summed E-state index contributed by atoms with van der Waals surface area (Å²) in [5, 5.41) is 7.18. The molecular weight excluding hydrogens is 426 g/mol. The van der Waals surface area contributed by atoms with Gasteiger partial charge in [0.1, 0.15) is 23.9 Å². The van der Waals surface area contributed by atoms with Gasteiger partial charge < -0.3 is 19.2 Å². The molecule has 0 unspecified atom stereocenters. The number of hydrogen-bond acceptors (Lipinski definition) is 5. The normalized spacial score (nSPS) is 10.7. The molecule has 28 heavy (non-hydrogen) atoms. The van der Waals surface area contributed by atoms with Crippen LogP contribution in [0, 0.1) is 0 Å². The van der Waals surface area contributed by atoms with E-state index in [-0.39, 0.29) is 18.3 Å². The molecule has 1 aromatic carbocycles. The number of rotatable bonds is 9. The van der Waals surface area contributed by atoms with E-state index in [4.69, 9.17) is 13.9 Å². The van der Waals surface area contributed by atoms with E-state index < -0.39 is 0 Å². The van der Waals surface area contributed by atoms with Crippen molar-refractivity contribution in [3.8, 4) is 11.5 Å². The van der Waals surface area contributed by atoms with Gasteiger partial charge in [-0.15, -0.1) is 0 Å². The summed E-state index contributed by atoms with van der Waals surface area (Å²) in [4.78, 5) is 12.3. The van der Waals surface area contributed by atoms with Crippen molar-refractivity contribution < 1.29 is 18.7 Å². The Morgan fingerprint density at radius 2 is 1.86 bits per heavy atom. The second kappa shape index (κ2) is 9.45. The molecule has 7 nitrogen and oxygen atoms in total. The fourth-order valence-corrected chi connectivity index (χ4v) is 2.96. The van der Waals surface area contributed by atoms with E-state index in [2.05, 4.69) is 26.3 Å². The second-order valence-corrected chi connectivity index (χ2v) is 6.78. The molecule has 0 saturated heterocycles. The summed E-state index contributed by atoms with van der Waals surface area (Å²) in [6.45, 7) is 5.86. The van der Waals surface area contributed by atoms with E-state index in [9.17, 15) is 4.79 Å². The number of aromatic nitrogens is 2. The van der Waals surface area contributed by atoms with Gasteiger partial charge in [0, 0.05) is 12.7 Å². The third-order valence-corrected chi connectivity index (χ3v) is 4.59. The lowest BCUT2D eigenvalue weighted by atomic mass is 10.3.